The molecule has 3 nitrogen and oxygen atoms in total. The highest BCUT2D eigenvalue weighted by molar-refractivity contribution is 5.86. The molecule has 0 aromatic carbocycles. The van der Waals surface area contributed by atoms with E-state index in [0.29, 0.717) is 11.3 Å². The summed E-state index contributed by atoms with van der Waals surface area (Å²) >= 11 is 0. The first-order valence-electron chi connectivity index (χ1n) is 3.62. The van der Waals surface area contributed by atoms with Gasteiger partial charge in [0.1, 0.15) is 0 Å². The van der Waals surface area contributed by atoms with Gasteiger partial charge in [-0.25, -0.2) is 4.79 Å². The molecule has 0 aliphatic heterocycles. The first-order valence-corrected chi connectivity index (χ1v) is 3.62. The topological polar surface area (TPSA) is 35.5 Å². The number of carbonyl (C=O) groups is 1. The van der Waals surface area contributed by atoms with E-state index in [1.165, 1.54) is 0 Å². The van der Waals surface area contributed by atoms with Gasteiger partial charge in [-0.3, -0.25) is 0 Å². The first kappa shape index (κ1) is 10.8. The Labute approximate surface area is 72.7 Å². The third-order valence-corrected chi connectivity index (χ3v) is 0.989. The van der Waals surface area contributed by atoms with Crippen molar-refractivity contribution in [3.8, 4) is 0 Å². The fourth-order valence-corrected chi connectivity index (χ4v) is 0.559. The van der Waals surface area contributed by atoms with Crippen LogP contribution in [0.2, 0.25) is 0 Å². The molecule has 0 aliphatic rings. The van der Waals surface area contributed by atoms with Crippen molar-refractivity contribution in [2.75, 3.05) is 0 Å². The maximum absolute atomic E-state index is 10.9. The van der Waals surface area contributed by atoms with E-state index in [9.17, 15) is 4.79 Å². The van der Waals surface area contributed by atoms with Crippen molar-refractivity contribution in [2.45, 2.75) is 27.1 Å². The molecule has 68 valence electrons. The van der Waals surface area contributed by atoms with Crippen molar-refractivity contribution < 1.29 is 14.3 Å². The third kappa shape index (κ3) is 4.55. The van der Waals surface area contributed by atoms with Gasteiger partial charge in [0.2, 0.25) is 6.29 Å². The fraction of sp³-hybridized carbons (Fsp3) is 0.444. The lowest BCUT2D eigenvalue weighted by molar-refractivity contribution is -0.162. The number of carbonyl (C=O) groups excluding carboxylic acids is 1. The van der Waals surface area contributed by atoms with Crippen molar-refractivity contribution in [3.05, 3.63) is 24.5 Å². The predicted octanol–water partition coefficient (Wildman–Crippen LogP) is 2.00. The van der Waals surface area contributed by atoms with Crippen LogP contribution in [0, 0.1) is 0 Å². The molecular weight excluding hydrogens is 156 g/mol. The number of hydrogen-bond donors (Lipinski definition) is 0. The van der Waals surface area contributed by atoms with Gasteiger partial charge in [0, 0.05) is 12.5 Å². The molecule has 0 N–H and O–H groups in total. The minimum atomic E-state index is -0.605. The molecule has 1 unspecified atom stereocenters. The van der Waals surface area contributed by atoms with Crippen molar-refractivity contribution >= 4 is 5.97 Å². The molecule has 0 spiro atoms. The summed E-state index contributed by atoms with van der Waals surface area (Å²) in [5.41, 5.74) is 0.354. The SMILES string of the molecule is C=C(C)OC(C)OC(=O)C(=C)C. The number of hydrogen-bond acceptors (Lipinski definition) is 3. The van der Waals surface area contributed by atoms with Crippen LogP contribution in [0.3, 0.4) is 0 Å². The minimum absolute atomic E-state index is 0.354. The van der Waals surface area contributed by atoms with Gasteiger partial charge in [-0.15, -0.1) is 0 Å². The zero-order valence-corrected chi connectivity index (χ0v) is 7.72. The Balaban J connectivity index is 3.84. The maximum Gasteiger partial charge on any atom is 0.336 e. The van der Waals surface area contributed by atoms with E-state index in [2.05, 4.69) is 13.2 Å². The van der Waals surface area contributed by atoms with Crippen LogP contribution in [0.5, 0.6) is 0 Å². The Hall–Kier alpha value is -1.25. The molecule has 0 aliphatic carbocycles. The highest BCUT2D eigenvalue weighted by atomic mass is 16.7. The van der Waals surface area contributed by atoms with Crippen LogP contribution < -0.4 is 0 Å². The Morgan fingerprint density at radius 3 is 2.08 bits per heavy atom. The molecular formula is C9H14O3. The molecule has 0 bridgehead atoms. The molecule has 0 heterocycles. The Kier molecular flexibility index (Phi) is 4.11. The summed E-state index contributed by atoms with van der Waals surface area (Å²) in [5.74, 6) is 0.0563. The Morgan fingerprint density at radius 2 is 1.75 bits per heavy atom. The molecule has 0 aromatic rings. The van der Waals surface area contributed by atoms with Gasteiger partial charge in [-0.2, -0.15) is 0 Å². The molecule has 0 amide bonds. The van der Waals surface area contributed by atoms with Crippen LogP contribution in [0.4, 0.5) is 0 Å². The third-order valence-electron chi connectivity index (χ3n) is 0.989. The first-order chi connectivity index (χ1) is 5.43. The zero-order valence-electron chi connectivity index (χ0n) is 7.72. The van der Waals surface area contributed by atoms with Gasteiger partial charge in [0.05, 0.1) is 5.76 Å². The zero-order chi connectivity index (χ0) is 9.72. The molecule has 0 radical (unpaired) electrons. The monoisotopic (exact) mass is 170 g/mol. The summed E-state index contributed by atoms with van der Waals surface area (Å²) in [4.78, 5) is 10.9. The normalized spacial score (nSPS) is 11.6. The fourth-order valence-electron chi connectivity index (χ4n) is 0.559. The van der Waals surface area contributed by atoms with Crippen molar-refractivity contribution in [3.63, 3.8) is 0 Å². The Bertz CT molecular complexity index is 206. The van der Waals surface area contributed by atoms with E-state index < -0.39 is 12.3 Å². The highest BCUT2D eigenvalue weighted by Gasteiger charge is 2.09. The van der Waals surface area contributed by atoms with Crippen molar-refractivity contribution in [1.82, 2.24) is 0 Å². The largest absolute Gasteiger partial charge is 0.460 e. The maximum atomic E-state index is 10.9. The average Bonchev–Trinajstić information content (AvgIpc) is 1.84. The van der Waals surface area contributed by atoms with Crippen molar-refractivity contribution in [1.29, 1.82) is 0 Å². The second-order valence-corrected chi connectivity index (χ2v) is 2.57. The number of allylic oxidation sites excluding steroid dienone is 1. The van der Waals surface area contributed by atoms with E-state index in [-0.39, 0.29) is 0 Å². The standard InChI is InChI=1S/C9H14O3/c1-6(2)9(10)12-8(5)11-7(3)4/h8H,1,3H2,2,4-5H3. The predicted molar refractivity (Wildman–Crippen MR) is 46.3 cm³/mol. The van der Waals surface area contributed by atoms with Gasteiger partial charge in [0.15, 0.2) is 0 Å². The molecule has 0 saturated heterocycles. The van der Waals surface area contributed by atoms with Crippen LogP contribution in [-0.2, 0) is 14.3 Å². The van der Waals surface area contributed by atoms with Crippen molar-refractivity contribution in [2.24, 2.45) is 0 Å². The Morgan fingerprint density at radius 1 is 1.25 bits per heavy atom. The number of esters is 1. The van der Waals surface area contributed by atoms with Crippen LogP contribution >= 0.6 is 0 Å². The van der Waals surface area contributed by atoms with Gasteiger partial charge < -0.3 is 9.47 Å². The molecule has 12 heavy (non-hydrogen) atoms. The van der Waals surface area contributed by atoms with Gasteiger partial charge >= 0.3 is 5.97 Å². The summed E-state index contributed by atoms with van der Waals surface area (Å²) in [7, 11) is 0. The second-order valence-electron chi connectivity index (χ2n) is 2.57. The molecule has 0 saturated carbocycles. The van der Waals surface area contributed by atoms with E-state index in [1.807, 2.05) is 0 Å². The minimum Gasteiger partial charge on any atom is -0.460 e. The summed E-state index contributed by atoms with van der Waals surface area (Å²) in [6, 6.07) is 0. The quantitative estimate of drug-likeness (QED) is 0.280. The van der Waals surface area contributed by atoms with E-state index >= 15 is 0 Å². The molecule has 0 aromatic heterocycles. The van der Waals surface area contributed by atoms with E-state index in [1.54, 1.807) is 20.8 Å². The molecule has 0 fully saturated rings. The molecule has 0 rings (SSSR count). The summed E-state index contributed by atoms with van der Waals surface area (Å²) < 4.78 is 9.79. The average molecular weight is 170 g/mol. The highest BCUT2D eigenvalue weighted by Crippen LogP contribution is 2.03. The summed E-state index contributed by atoms with van der Waals surface area (Å²) in [5, 5.41) is 0. The summed E-state index contributed by atoms with van der Waals surface area (Å²) in [6.45, 7) is 11.8. The van der Waals surface area contributed by atoms with Gasteiger partial charge in [-0.1, -0.05) is 13.2 Å². The lowest BCUT2D eigenvalue weighted by Gasteiger charge is -2.14. The second kappa shape index (κ2) is 4.59. The van der Waals surface area contributed by atoms with Gasteiger partial charge in [0.25, 0.3) is 0 Å². The van der Waals surface area contributed by atoms with Crippen LogP contribution in [0.15, 0.2) is 24.5 Å². The lowest BCUT2D eigenvalue weighted by Crippen LogP contribution is -2.17. The van der Waals surface area contributed by atoms with Gasteiger partial charge in [-0.05, 0) is 13.8 Å². The van der Waals surface area contributed by atoms with E-state index in [4.69, 9.17) is 9.47 Å². The smallest absolute Gasteiger partial charge is 0.336 e. The van der Waals surface area contributed by atoms with Crippen LogP contribution in [0.25, 0.3) is 0 Å². The summed E-state index contributed by atoms with van der Waals surface area (Å²) in [6.07, 6.45) is -0.605. The number of rotatable bonds is 4. The van der Waals surface area contributed by atoms with Crippen LogP contribution in [0.1, 0.15) is 20.8 Å². The van der Waals surface area contributed by atoms with E-state index in [0.717, 1.165) is 0 Å². The molecule has 1 atom stereocenters. The van der Waals surface area contributed by atoms with Crippen LogP contribution in [-0.4, -0.2) is 12.3 Å². The molecule has 3 heteroatoms. The lowest BCUT2D eigenvalue weighted by atomic mass is 10.4. The number of ether oxygens (including phenoxy) is 2.